The second-order valence-electron chi connectivity index (χ2n) is 6.20. The third-order valence-corrected chi connectivity index (χ3v) is 3.97. The van der Waals surface area contributed by atoms with Crippen LogP contribution in [0, 0.1) is 10.8 Å². The van der Waals surface area contributed by atoms with E-state index in [-0.39, 0.29) is 29.1 Å². The van der Waals surface area contributed by atoms with Crippen LogP contribution in [0.25, 0.3) is 0 Å². The van der Waals surface area contributed by atoms with Gasteiger partial charge in [0.1, 0.15) is 0 Å². The van der Waals surface area contributed by atoms with Gasteiger partial charge in [0.15, 0.2) is 5.78 Å². The van der Waals surface area contributed by atoms with Crippen LogP contribution in [0.2, 0.25) is 0 Å². The molecule has 1 saturated carbocycles. The Morgan fingerprint density at radius 1 is 1.18 bits per heavy atom. The summed E-state index contributed by atoms with van der Waals surface area (Å²) in [5, 5.41) is 2.83. The fourth-order valence-electron chi connectivity index (χ4n) is 2.41. The summed E-state index contributed by atoms with van der Waals surface area (Å²) in [6.07, 6.45) is 5.09. The summed E-state index contributed by atoms with van der Waals surface area (Å²) in [6, 6.07) is 0. The maximum atomic E-state index is 12.2. The van der Waals surface area contributed by atoms with Gasteiger partial charge in [-0.15, -0.1) is 0 Å². The summed E-state index contributed by atoms with van der Waals surface area (Å²) in [5.74, 6) is 0.171. The fourth-order valence-corrected chi connectivity index (χ4v) is 2.41. The zero-order valence-corrected chi connectivity index (χ0v) is 11.6. The van der Waals surface area contributed by atoms with E-state index in [1.807, 2.05) is 20.8 Å². The van der Waals surface area contributed by atoms with Crippen LogP contribution in [-0.4, -0.2) is 18.2 Å². The van der Waals surface area contributed by atoms with Gasteiger partial charge < -0.3 is 5.32 Å². The lowest BCUT2D eigenvalue weighted by Crippen LogP contribution is -2.43. The zero-order valence-electron chi connectivity index (χ0n) is 11.6. The lowest BCUT2D eigenvalue weighted by molar-refractivity contribution is -0.134. The van der Waals surface area contributed by atoms with Gasteiger partial charge >= 0.3 is 0 Å². The van der Waals surface area contributed by atoms with Gasteiger partial charge in [-0.05, 0) is 19.3 Å². The Morgan fingerprint density at radius 2 is 1.71 bits per heavy atom. The first-order valence-electron chi connectivity index (χ1n) is 6.63. The Morgan fingerprint density at radius 3 is 2.12 bits per heavy atom. The van der Waals surface area contributed by atoms with Gasteiger partial charge in [-0.25, -0.2) is 0 Å². The molecule has 1 fully saturated rings. The summed E-state index contributed by atoms with van der Waals surface area (Å²) in [4.78, 5) is 23.9. The van der Waals surface area contributed by atoms with Crippen molar-refractivity contribution in [2.75, 3.05) is 6.54 Å². The molecule has 98 valence electrons. The first-order valence-corrected chi connectivity index (χ1v) is 6.63. The molecule has 1 aliphatic rings. The highest BCUT2D eigenvalue weighted by Crippen LogP contribution is 2.41. The SMILES string of the molecule is CCC1(C(=O)NCC(=O)C(C)(C)C)CCCC1. The minimum Gasteiger partial charge on any atom is -0.349 e. The van der Waals surface area contributed by atoms with Crippen LogP contribution >= 0.6 is 0 Å². The summed E-state index contributed by atoms with van der Waals surface area (Å²) in [6.45, 7) is 7.88. The molecule has 3 heteroatoms. The predicted molar refractivity (Wildman–Crippen MR) is 68.7 cm³/mol. The number of hydrogen-bond acceptors (Lipinski definition) is 2. The minimum absolute atomic E-state index is 0.0788. The highest BCUT2D eigenvalue weighted by atomic mass is 16.2. The van der Waals surface area contributed by atoms with Crippen molar-refractivity contribution in [3.8, 4) is 0 Å². The molecule has 0 heterocycles. The van der Waals surface area contributed by atoms with Crippen LogP contribution in [0.3, 0.4) is 0 Å². The Bertz CT molecular complexity index is 296. The summed E-state index contributed by atoms with van der Waals surface area (Å²) < 4.78 is 0. The van der Waals surface area contributed by atoms with E-state index in [0.717, 1.165) is 32.1 Å². The normalized spacial score (nSPS) is 19.1. The average molecular weight is 239 g/mol. The lowest BCUT2D eigenvalue weighted by Gasteiger charge is -2.26. The topological polar surface area (TPSA) is 46.2 Å². The van der Waals surface area contributed by atoms with Crippen LogP contribution in [-0.2, 0) is 9.59 Å². The highest BCUT2D eigenvalue weighted by molar-refractivity contribution is 5.91. The third-order valence-electron chi connectivity index (χ3n) is 3.97. The van der Waals surface area contributed by atoms with Crippen molar-refractivity contribution in [1.82, 2.24) is 5.32 Å². The van der Waals surface area contributed by atoms with E-state index in [1.165, 1.54) is 0 Å². The third kappa shape index (κ3) is 3.30. The predicted octanol–water partition coefficient (Wildman–Crippen LogP) is 2.69. The standard InChI is InChI=1S/C14H25NO2/c1-5-14(8-6-7-9-14)12(17)15-10-11(16)13(2,3)4/h5-10H2,1-4H3,(H,15,17). The molecule has 0 aromatic carbocycles. The molecule has 0 saturated heterocycles. The molecule has 0 bridgehead atoms. The molecule has 0 spiro atoms. The quantitative estimate of drug-likeness (QED) is 0.820. The van der Waals surface area contributed by atoms with Crippen molar-refractivity contribution in [3.05, 3.63) is 0 Å². The van der Waals surface area contributed by atoms with E-state index in [1.54, 1.807) is 0 Å². The highest BCUT2D eigenvalue weighted by Gasteiger charge is 2.39. The van der Waals surface area contributed by atoms with Crippen molar-refractivity contribution in [1.29, 1.82) is 0 Å². The molecule has 0 aromatic heterocycles. The van der Waals surface area contributed by atoms with Gasteiger partial charge in [-0.1, -0.05) is 40.5 Å². The number of hydrogen-bond donors (Lipinski definition) is 1. The van der Waals surface area contributed by atoms with E-state index in [9.17, 15) is 9.59 Å². The number of ketones is 1. The smallest absolute Gasteiger partial charge is 0.226 e. The van der Waals surface area contributed by atoms with Gasteiger partial charge in [0.05, 0.1) is 6.54 Å². The van der Waals surface area contributed by atoms with Crippen molar-refractivity contribution >= 4 is 11.7 Å². The molecule has 0 unspecified atom stereocenters. The Balaban J connectivity index is 2.52. The summed E-state index contributed by atoms with van der Waals surface area (Å²) >= 11 is 0. The number of Topliss-reactive ketones (excluding diaryl/α,β-unsaturated/α-hetero) is 1. The van der Waals surface area contributed by atoms with Crippen molar-refractivity contribution in [3.63, 3.8) is 0 Å². The van der Waals surface area contributed by atoms with E-state index >= 15 is 0 Å². The molecular formula is C14H25NO2. The largest absolute Gasteiger partial charge is 0.349 e. The average Bonchev–Trinajstić information content (AvgIpc) is 2.73. The second kappa shape index (κ2) is 5.19. The van der Waals surface area contributed by atoms with Gasteiger partial charge in [-0.2, -0.15) is 0 Å². The van der Waals surface area contributed by atoms with Crippen LogP contribution in [0.4, 0.5) is 0 Å². The molecule has 0 radical (unpaired) electrons. The van der Waals surface area contributed by atoms with Crippen LogP contribution in [0.5, 0.6) is 0 Å². The molecule has 0 aromatic rings. The molecule has 0 aliphatic heterocycles. The van der Waals surface area contributed by atoms with E-state index in [0.29, 0.717) is 0 Å². The molecule has 1 N–H and O–H groups in total. The van der Waals surface area contributed by atoms with Gasteiger partial charge in [0.2, 0.25) is 5.91 Å². The van der Waals surface area contributed by atoms with Crippen LogP contribution in [0.1, 0.15) is 59.8 Å². The molecule has 1 amide bonds. The Kier molecular flexibility index (Phi) is 4.34. The van der Waals surface area contributed by atoms with E-state index in [2.05, 4.69) is 12.2 Å². The maximum absolute atomic E-state index is 12.2. The summed E-state index contributed by atoms with van der Waals surface area (Å²) in [5.41, 5.74) is -0.569. The first-order chi connectivity index (χ1) is 7.82. The zero-order chi connectivity index (χ0) is 13.1. The van der Waals surface area contributed by atoms with Crippen molar-refractivity contribution in [2.45, 2.75) is 59.8 Å². The van der Waals surface area contributed by atoms with Crippen molar-refractivity contribution in [2.24, 2.45) is 10.8 Å². The number of amides is 1. The Hall–Kier alpha value is -0.860. The lowest BCUT2D eigenvalue weighted by atomic mass is 9.82. The molecule has 0 atom stereocenters. The van der Waals surface area contributed by atoms with E-state index in [4.69, 9.17) is 0 Å². The molecule has 17 heavy (non-hydrogen) atoms. The number of rotatable bonds is 4. The first kappa shape index (κ1) is 14.2. The minimum atomic E-state index is -0.373. The molecular weight excluding hydrogens is 214 g/mol. The molecule has 1 rings (SSSR count). The van der Waals surface area contributed by atoms with Gasteiger partial charge in [0.25, 0.3) is 0 Å². The number of nitrogens with one attached hydrogen (secondary N) is 1. The summed E-state index contributed by atoms with van der Waals surface area (Å²) in [7, 11) is 0. The fraction of sp³-hybridized carbons (Fsp3) is 0.857. The molecule has 1 aliphatic carbocycles. The van der Waals surface area contributed by atoms with Crippen molar-refractivity contribution < 1.29 is 9.59 Å². The van der Waals surface area contributed by atoms with Gasteiger partial charge in [0, 0.05) is 10.8 Å². The van der Waals surface area contributed by atoms with Crippen LogP contribution < -0.4 is 5.32 Å². The molecule has 3 nitrogen and oxygen atoms in total. The number of carbonyl (C=O) groups is 2. The van der Waals surface area contributed by atoms with Gasteiger partial charge in [-0.3, -0.25) is 9.59 Å². The monoisotopic (exact) mass is 239 g/mol. The van der Waals surface area contributed by atoms with Crippen LogP contribution in [0.15, 0.2) is 0 Å². The maximum Gasteiger partial charge on any atom is 0.226 e. The van der Waals surface area contributed by atoms with E-state index < -0.39 is 0 Å². The second-order valence-corrected chi connectivity index (χ2v) is 6.20. The Labute approximate surface area is 104 Å². The number of carbonyl (C=O) groups excluding carboxylic acids is 2.